The first kappa shape index (κ1) is 12.3. The second-order valence-corrected chi connectivity index (χ2v) is 17.2. The minimum atomic E-state index is -3.69. The van der Waals surface area contributed by atoms with E-state index >= 15 is 0 Å². The molecule has 52 valence electrons. The predicted molar refractivity (Wildman–Crippen MR) is 47.4 cm³/mol. The van der Waals surface area contributed by atoms with E-state index in [0.29, 0.717) is 0 Å². The number of rotatable bonds is 0. The van der Waals surface area contributed by atoms with Crippen LogP contribution in [-0.2, 0) is 0 Å². The van der Waals surface area contributed by atoms with E-state index in [9.17, 15) is 0 Å². The maximum absolute atomic E-state index is 4.98. The Bertz CT molecular complexity index is 53.3. The topological polar surface area (TPSA) is 0 Å². The monoisotopic (exact) mass is 234 g/mol. The molecule has 0 aliphatic rings. The summed E-state index contributed by atoms with van der Waals surface area (Å²) in [4.78, 5) is 0. The molecule has 0 aliphatic carbocycles. The Morgan fingerprint density at radius 2 is 0.750 bits per heavy atom. The van der Waals surface area contributed by atoms with Crippen LogP contribution in [0, 0.1) is 0 Å². The van der Waals surface area contributed by atoms with Crippen LogP contribution >= 0.6 is 59.6 Å². The molecule has 0 aromatic heterocycles. The Kier molecular flexibility index (Phi) is 5.70. The molecule has 0 unspecified atom stereocenters. The summed E-state index contributed by atoms with van der Waals surface area (Å²) in [5.41, 5.74) is 0. The molecule has 0 fully saturated rings. The van der Waals surface area contributed by atoms with Crippen molar-refractivity contribution in [3.05, 3.63) is 13.2 Å². The first-order valence-corrected chi connectivity index (χ1v) is 8.11. The van der Waals surface area contributed by atoms with E-state index in [0.717, 1.165) is 0 Å². The molecule has 0 rings (SSSR count). The van der Waals surface area contributed by atoms with Gasteiger partial charge in [-0.15, -0.1) is 13.2 Å². The predicted octanol–water partition coefficient (Wildman–Crippen LogP) is 5.11. The Labute approximate surface area is 72.6 Å². The summed E-state index contributed by atoms with van der Waals surface area (Å²) in [5, 5.41) is 0. The molecule has 0 amide bonds. The molecule has 0 N–H and O–H groups in total. The SMILES string of the molecule is C=C.ClP(Cl)(Cl)(Cl)Cl. The van der Waals surface area contributed by atoms with Gasteiger partial charge in [0, 0.05) is 0 Å². The molecule has 8 heavy (non-hydrogen) atoms. The Hall–Kier alpha value is 1.62. The van der Waals surface area contributed by atoms with Crippen LogP contribution in [-0.4, -0.2) is 0 Å². The van der Waals surface area contributed by atoms with E-state index in [-0.39, 0.29) is 0 Å². The Morgan fingerprint density at radius 1 is 0.750 bits per heavy atom. The van der Waals surface area contributed by atoms with Gasteiger partial charge in [0.15, 0.2) is 0 Å². The van der Waals surface area contributed by atoms with E-state index in [4.69, 9.17) is 56.2 Å². The van der Waals surface area contributed by atoms with Crippen molar-refractivity contribution in [2.75, 3.05) is 0 Å². The van der Waals surface area contributed by atoms with Crippen molar-refractivity contribution in [1.29, 1.82) is 0 Å². The van der Waals surface area contributed by atoms with Gasteiger partial charge in [0.2, 0.25) is 0 Å². The van der Waals surface area contributed by atoms with Gasteiger partial charge >= 0.3 is 59.6 Å². The molecule has 0 saturated heterocycles. The van der Waals surface area contributed by atoms with Crippen molar-refractivity contribution < 1.29 is 0 Å². The van der Waals surface area contributed by atoms with Crippen LogP contribution in [0.2, 0.25) is 0 Å². The standard InChI is InChI=1S/C2H4.Cl5P/c1-2;1-6(2,3,4)5/h1-2H2;. The van der Waals surface area contributed by atoms with E-state index in [2.05, 4.69) is 13.2 Å². The molecule has 0 radical (unpaired) electrons. The Morgan fingerprint density at radius 3 is 0.750 bits per heavy atom. The third kappa shape index (κ3) is 127. The van der Waals surface area contributed by atoms with Crippen molar-refractivity contribution in [2.24, 2.45) is 0 Å². The molecule has 0 atom stereocenters. The fourth-order valence-electron chi connectivity index (χ4n) is 0. The molecule has 0 heterocycles. The van der Waals surface area contributed by atoms with Gasteiger partial charge in [-0.2, -0.15) is 0 Å². The van der Waals surface area contributed by atoms with E-state index < -0.39 is 3.37 Å². The summed E-state index contributed by atoms with van der Waals surface area (Å²) in [5.74, 6) is 0. The van der Waals surface area contributed by atoms with Crippen LogP contribution in [0.3, 0.4) is 0 Å². The number of hydrogen-bond donors (Lipinski definition) is 0. The molecular weight excluding hydrogens is 232 g/mol. The van der Waals surface area contributed by atoms with Gasteiger partial charge in [-0.25, -0.2) is 0 Å². The molecule has 0 aromatic carbocycles. The van der Waals surface area contributed by atoms with Crippen molar-refractivity contribution >= 4 is 59.6 Å². The first-order valence-electron chi connectivity index (χ1n) is 1.35. The van der Waals surface area contributed by atoms with Crippen LogP contribution < -0.4 is 0 Å². The fraction of sp³-hybridized carbons (Fsp3) is 0. The molecule has 6 heteroatoms. The summed E-state index contributed by atoms with van der Waals surface area (Å²) in [6.45, 7) is 6.00. The zero-order valence-electron chi connectivity index (χ0n) is 3.75. The molecule has 0 saturated carbocycles. The van der Waals surface area contributed by atoms with Gasteiger partial charge in [0.1, 0.15) is 0 Å². The quantitative estimate of drug-likeness (QED) is 0.405. The molecule has 0 bridgehead atoms. The first-order chi connectivity index (χ1) is 3.24. The second-order valence-electron chi connectivity index (χ2n) is 0.639. The van der Waals surface area contributed by atoms with E-state index in [1.807, 2.05) is 0 Å². The summed E-state index contributed by atoms with van der Waals surface area (Å²) >= 11 is 24.9. The van der Waals surface area contributed by atoms with Gasteiger partial charge in [-0.1, -0.05) is 0 Å². The van der Waals surface area contributed by atoms with Gasteiger partial charge in [0.05, 0.1) is 0 Å². The summed E-state index contributed by atoms with van der Waals surface area (Å²) in [6.07, 6.45) is 0. The van der Waals surface area contributed by atoms with Crippen LogP contribution in [0.25, 0.3) is 0 Å². The molecule has 0 spiro atoms. The average molecular weight is 236 g/mol. The van der Waals surface area contributed by atoms with Crippen molar-refractivity contribution in [3.8, 4) is 0 Å². The maximum atomic E-state index is 4.98. The van der Waals surface area contributed by atoms with E-state index in [1.165, 1.54) is 0 Å². The second kappa shape index (κ2) is 3.71. The number of halogens is 5. The fourth-order valence-corrected chi connectivity index (χ4v) is 0. The molecule has 0 aromatic rings. The third-order valence-corrected chi connectivity index (χ3v) is 0. The van der Waals surface area contributed by atoms with Crippen molar-refractivity contribution in [1.82, 2.24) is 0 Å². The van der Waals surface area contributed by atoms with Crippen LogP contribution in [0.1, 0.15) is 0 Å². The van der Waals surface area contributed by atoms with Crippen molar-refractivity contribution in [3.63, 3.8) is 0 Å². The van der Waals surface area contributed by atoms with Gasteiger partial charge < -0.3 is 0 Å². The molecule has 0 nitrogen and oxygen atoms in total. The number of hydrogen-bond acceptors (Lipinski definition) is 0. The average Bonchev–Trinajstić information content (AvgIpc) is 1.33. The van der Waals surface area contributed by atoms with E-state index in [1.54, 1.807) is 0 Å². The zero-order valence-corrected chi connectivity index (χ0v) is 8.43. The van der Waals surface area contributed by atoms with Crippen LogP contribution in [0.15, 0.2) is 13.2 Å². The zero-order chi connectivity index (χ0) is 7.45. The summed E-state index contributed by atoms with van der Waals surface area (Å²) < 4.78 is -3.69. The van der Waals surface area contributed by atoms with Crippen LogP contribution in [0.5, 0.6) is 0 Å². The molecule has 0 aliphatic heterocycles. The normalized spacial score (nSPS) is 14.9. The van der Waals surface area contributed by atoms with Gasteiger partial charge in [0.25, 0.3) is 0 Å². The molecular formula is C2H4Cl5P. The summed E-state index contributed by atoms with van der Waals surface area (Å²) in [6, 6.07) is 0. The van der Waals surface area contributed by atoms with Gasteiger partial charge in [-0.3, -0.25) is 0 Å². The summed E-state index contributed by atoms with van der Waals surface area (Å²) in [7, 11) is 0. The third-order valence-electron chi connectivity index (χ3n) is 0. The Balaban J connectivity index is 0. The van der Waals surface area contributed by atoms with Gasteiger partial charge in [-0.05, 0) is 0 Å². The van der Waals surface area contributed by atoms with Crippen LogP contribution in [0.4, 0.5) is 0 Å². The minimum absolute atomic E-state index is 3.00. The van der Waals surface area contributed by atoms with Crippen molar-refractivity contribution in [2.45, 2.75) is 0 Å².